The van der Waals surface area contributed by atoms with E-state index in [0.29, 0.717) is 24.2 Å². The second-order valence-corrected chi connectivity index (χ2v) is 11.2. The smallest absolute Gasteiger partial charge is 0.344 e. The summed E-state index contributed by atoms with van der Waals surface area (Å²) in [5.41, 5.74) is 0.0388. The molecule has 0 amide bonds. The standard InChI is InChI=1S/C27H35NO7S/c1-5-33-20-11-13-21(14-12-20)36(31,32)28-24-9-7-6-8-23(24)27(30)34-17-26(29)35-25-16-19(4)10-15-22(25)18(2)3/h6-9,11-14,18-19,22,25,28H,5,10,15-17H2,1-4H3. The SMILES string of the molecule is CCOc1ccc(S(=O)(=O)Nc2ccccc2C(=O)OCC(=O)OC2CC(C)CCC2C(C)C)cc1. The molecule has 9 heteroatoms. The van der Waals surface area contributed by atoms with Crippen LogP contribution in [0.25, 0.3) is 0 Å². The highest BCUT2D eigenvalue weighted by atomic mass is 32.2. The van der Waals surface area contributed by atoms with Gasteiger partial charge < -0.3 is 14.2 Å². The molecule has 0 aromatic heterocycles. The van der Waals surface area contributed by atoms with Crippen LogP contribution in [0, 0.1) is 17.8 Å². The van der Waals surface area contributed by atoms with Gasteiger partial charge in [0.1, 0.15) is 11.9 Å². The molecule has 0 bridgehead atoms. The van der Waals surface area contributed by atoms with E-state index in [9.17, 15) is 18.0 Å². The normalized spacial score (nSPS) is 20.0. The van der Waals surface area contributed by atoms with E-state index in [1.54, 1.807) is 24.3 Å². The number of sulfonamides is 1. The Hall–Kier alpha value is -3.07. The molecule has 1 aliphatic carbocycles. The molecule has 36 heavy (non-hydrogen) atoms. The van der Waals surface area contributed by atoms with Gasteiger partial charge in [-0.05, 0) is 73.9 Å². The molecule has 1 saturated carbocycles. The minimum absolute atomic E-state index is 0.00819. The number of nitrogens with one attached hydrogen (secondary N) is 1. The molecule has 0 heterocycles. The van der Waals surface area contributed by atoms with E-state index >= 15 is 0 Å². The number of para-hydroxylation sites is 1. The van der Waals surface area contributed by atoms with Crippen LogP contribution in [0.2, 0.25) is 0 Å². The van der Waals surface area contributed by atoms with Gasteiger partial charge in [-0.2, -0.15) is 0 Å². The lowest BCUT2D eigenvalue weighted by Crippen LogP contribution is -2.36. The van der Waals surface area contributed by atoms with Crippen LogP contribution in [0.5, 0.6) is 5.75 Å². The molecule has 3 atom stereocenters. The second-order valence-electron chi connectivity index (χ2n) is 9.49. The van der Waals surface area contributed by atoms with Crippen molar-refractivity contribution in [3.05, 3.63) is 54.1 Å². The van der Waals surface area contributed by atoms with Gasteiger partial charge in [-0.1, -0.05) is 39.3 Å². The highest BCUT2D eigenvalue weighted by Crippen LogP contribution is 2.35. The van der Waals surface area contributed by atoms with Crippen molar-refractivity contribution in [1.82, 2.24) is 0 Å². The third-order valence-corrected chi connectivity index (χ3v) is 7.78. The molecule has 0 aliphatic heterocycles. The summed E-state index contributed by atoms with van der Waals surface area (Å²) in [6.07, 6.45) is 2.69. The number of ether oxygens (including phenoxy) is 3. The van der Waals surface area contributed by atoms with Gasteiger partial charge in [-0.15, -0.1) is 0 Å². The minimum atomic E-state index is -3.98. The Bertz CT molecular complexity index is 1140. The lowest BCUT2D eigenvalue weighted by atomic mass is 9.75. The van der Waals surface area contributed by atoms with Crippen molar-refractivity contribution in [3.63, 3.8) is 0 Å². The number of carbonyl (C=O) groups excluding carboxylic acids is 2. The van der Waals surface area contributed by atoms with Gasteiger partial charge in [0.25, 0.3) is 10.0 Å². The molecular weight excluding hydrogens is 482 g/mol. The fraction of sp³-hybridized carbons (Fsp3) is 0.481. The van der Waals surface area contributed by atoms with E-state index in [-0.39, 0.29) is 28.2 Å². The van der Waals surface area contributed by atoms with Crippen molar-refractivity contribution < 1.29 is 32.2 Å². The summed E-state index contributed by atoms with van der Waals surface area (Å²) in [5, 5.41) is 0. The summed E-state index contributed by atoms with van der Waals surface area (Å²) in [4.78, 5) is 25.2. The second kappa shape index (κ2) is 12.3. The number of hydrogen-bond donors (Lipinski definition) is 1. The van der Waals surface area contributed by atoms with Crippen LogP contribution in [0.3, 0.4) is 0 Å². The summed E-state index contributed by atoms with van der Waals surface area (Å²) in [5.74, 6) is 0.243. The largest absolute Gasteiger partial charge is 0.494 e. The van der Waals surface area contributed by atoms with Gasteiger partial charge in [0.2, 0.25) is 0 Å². The first-order chi connectivity index (χ1) is 17.1. The van der Waals surface area contributed by atoms with Gasteiger partial charge in [0, 0.05) is 0 Å². The topological polar surface area (TPSA) is 108 Å². The van der Waals surface area contributed by atoms with Crippen molar-refractivity contribution in [2.75, 3.05) is 17.9 Å². The van der Waals surface area contributed by atoms with Gasteiger partial charge in [-0.25, -0.2) is 18.0 Å². The van der Waals surface area contributed by atoms with Crippen molar-refractivity contribution in [2.45, 2.75) is 58.0 Å². The molecule has 3 rings (SSSR count). The number of carbonyl (C=O) groups is 2. The van der Waals surface area contributed by atoms with Gasteiger partial charge >= 0.3 is 11.9 Å². The van der Waals surface area contributed by atoms with Crippen molar-refractivity contribution in [3.8, 4) is 5.75 Å². The third-order valence-electron chi connectivity index (χ3n) is 6.40. The zero-order valence-electron chi connectivity index (χ0n) is 21.2. The Morgan fingerprint density at radius 1 is 1.06 bits per heavy atom. The highest BCUT2D eigenvalue weighted by molar-refractivity contribution is 7.92. The molecule has 0 spiro atoms. The van der Waals surface area contributed by atoms with Gasteiger partial charge in [-0.3, -0.25) is 4.72 Å². The fourth-order valence-electron chi connectivity index (χ4n) is 4.49. The molecular formula is C27H35NO7S. The molecule has 0 saturated heterocycles. The molecule has 8 nitrogen and oxygen atoms in total. The minimum Gasteiger partial charge on any atom is -0.494 e. The number of hydrogen-bond acceptors (Lipinski definition) is 7. The molecule has 0 radical (unpaired) electrons. The summed E-state index contributed by atoms with van der Waals surface area (Å²) < 4.78 is 44.4. The Kier molecular flexibility index (Phi) is 9.37. The van der Waals surface area contributed by atoms with Gasteiger partial charge in [0.05, 0.1) is 22.8 Å². The van der Waals surface area contributed by atoms with Crippen LogP contribution in [0.4, 0.5) is 5.69 Å². The van der Waals surface area contributed by atoms with E-state index in [1.165, 1.54) is 24.3 Å². The van der Waals surface area contributed by atoms with Gasteiger partial charge in [0.15, 0.2) is 6.61 Å². The average Bonchev–Trinajstić information content (AvgIpc) is 2.83. The van der Waals surface area contributed by atoms with Crippen molar-refractivity contribution in [1.29, 1.82) is 0 Å². The number of anilines is 1. The maximum absolute atomic E-state index is 12.9. The predicted molar refractivity (Wildman–Crippen MR) is 136 cm³/mol. The molecule has 1 aliphatic rings. The summed E-state index contributed by atoms with van der Waals surface area (Å²) in [7, 11) is -3.98. The first-order valence-electron chi connectivity index (χ1n) is 12.3. The van der Waals surface area contributed by atoms with Crippen LogP contribution in [-0.4, -0.2) is 39.7 Å². The molecule has 2 aromatic carbocycles. The molecule has 1 N–H and O–H groups in total. The number of benzene rings is 2. The summed E-state index contributed by atoms with van der Waals surface area (Å²) >= 11 is 0. The zero-order chi connectivity index (χ0) is 26.3. The predicted octanol–water partition coefficient (Wildman–Crippen LogP) is 5.05. The highest BCUT2D eigenvalue weighted by Gasteiger charge is 2.33. The van der Waals surface area contributed by atoms with E-state index in [2.05, 4.69) is 25.5 Å². The van der Waals surface area contributed by atoms with E-state index in [4.69, 9.17) is 14.2 Å². The number of esters is 2. The molecule has 196 valence electrons. The van der Waals surface area contributed by atoms with Crippen LogP contribution < -0.4 is 9.46 Å². The Balaban J connectivity index is 1.64. The Morgan fingerprint density at radius 3 is 2.42 bits per heavy atom. The van der Waals surface area contributed by atoms with Crippen LogP contribution >= 0.6 is 0 Å². The van der Waals surface area contributed by atoms with Crippen LogP contribution in [0.15, 0.2) is 53.4 Å². The Morgan fingerprint density at radius 2 is 1.75 bits per heavy atom. The van der Waals surface area contributed by atoms with Crippen LogP contribution in [0.1, 0.15) is 57.3 Å². The lowest BCUT2D eigenvalue weighted by Gasteiger charge is -2.36. The monoisotopic (exact) mass is 517 g/mol. The summed E-state index contributed by atoms with van der Waals surface area (Å²) in [6.45, 7) is 8.13. The summed E-state index contributed by atoms with van der Waals surface area (Å²) in [6, 6.07) is 12.0. The maximum atomic E-state index is 12.9. The maximum Gasteiger partial charge on any atom is 0.344 e. The van der Waals surface area contributed by atoms with E-state index < -0.39 is 28.6 Å². The van der Waals surface area contributed by atoms with E-state index in [1.807, 2.05) is 6.92 Å². The first kappa shape index (κ1) is 27.5. The molecule has 3 unspecified atom stereocenters. The first-order valence-corrected chi connectivity index (χ1v) is 13.8. The van der Waals surface area contributed by atoms with Crippen molar-refractivity contribution in [2.24, 2.45) is 17.8 Å². The fourth-order valence-corrected chi connectivity index (χ4v) is 5.57. The quantitative estimate of drug-likeness (QED) is 0.440. The molecule has 2 aromatic rings. The average molecular weight is 518 g/mol. The lowest BCUT2D eigenvalue weighted by molar-refractivity contribution is -0.159. The number of rotatable bonds is 10. The van der Waals surface area contributed by atoms with Crippen molar-refractivity contribution >= 4 is 27.6 Å². The van der Waals surface area contributed by atoms with Crippen LogP contribution in [-0.2, 0) is 24.3 Å². The zero-order valence-corrected chi connectivity index (χ0v) is 22.0. The van der Waals surface area contributed by atoms with E-state index in [0.717, 1.165) is 19.3 Å². The third kappa shape index (κ3) is 7.22. The molecule has 1 fully saturated rings. The Labute approximate surface area is 213 Å².